The number of ketones is 1. The standard InChI is InChI=1S/C29H48O9Si/c1-21(27(32)35-5)15-23(17-37-20-36-13-14-39(6,7)8)28-16-22(2)29(18-28,38-19-33-3)12-11-24(28)25(30)9-10-26(31)34-4/h15,23-24H,2,9-14,16-20H2,1,3-8H3/b21-15+/t23-,24?,28?,29+/m0/s1. The summed E-state index contributed by atoms with van der Waals surface area (Å²) in [5.41, 5.74) is 0.0914. The summed E-state index contributed by atoms with van der Waals surface area (Å²) in [4.78, 5) is 37.9. The predicted molar refractivity (Wildman–Crippen MR) is 150 cm³/mol. The third kappa shape index (κ3) is 8.82. The molecule has 222 valence electrons. The van der Waals surface area contributed by atoms with E-state index in [1.54, 1.807) is 14.0 Å². The highest BCUT2D eigenvalue weighted by molar-refractivity contribution is 6.76. The number of fused-ring (bicyclic) bond motifs is 2. The SMILES string of the molecule is C=C1CC2([C@@H](/C=C(\C)C(=O)OC)COCOCC[Si](C)(C)C)C[C@]1(OCOC)CCC2C(=O)CCC(=O)OC. The number of ether oxygens (including phenoxy) is 6. The van der Waals surface area contributed by atoms with E-state index in [4.69, 9.17) is 28.4 Å². The number of hydrogen-bond donors (Lipinski definition) is 0. The Balaban J connectivity index is 2.39. The van der Waals surface area contributed by atoms with Gasteiger partial charge in [0.25, 0.3) is 0 Å². The third-order valence-electron chi connectivity index (χ3n) is 8.13. The molecule has 39 heavy (non-hydrogen) atoms. The fourth-order valence-electron chi connectivity index (χ4n) is 5.94. The van der Waals surface area contributed by atoms with Crippen LogP contribution >= 0.6 is 0 Å². The van der Waals surface area contributed by atoms with Crippen LogP contribution in [-0.2, 0) is 42.8 Å². The number of carbonyl (C=O) groups is 3. The normalized spacial score (nSPS) is 25.9. The van der Waals surface area contributed by atoms with Gasteiger partial charge in [-0.1, -0.05) is 32.3 Å². The Kier molecular flexibility index (Phi) is 12.6. The lowest BCUT2D eigenvalue weighted by Crippen LogP contribution is -2.48. The second kappa shape index (κ2) is 14.7. The molecule has 2 bridgehead atoms. The summed E-state index contributed by atoms with van der Waals surface area (Å²) in [6.45, 7) is 14.0. The quantitative estimate of drug-likeness (QED) is 0.0617. The van der Waals surface area contributed by atoms with Crippen molar-refractivity contribution >= 4 is 25.8 Å². The van der Waals surface area contributed by atoms with Gasteiger partial charge in [0.1, 0.15) is 19.4 Å². The molecule has 0 aromatic carbocycles. The van der Waals surface area contributed by atoms with Crippen LogP contribution in [0.25, 0.3) is 0 Å². The summed E-state index contributed by atoms with van der Waals surface area (Å²) < 4.78 is 33.0. The van der Waals surface area contributed by atoms with Crippen LogP contribution in [0.5, 0.6) is 0 Å². The van der Waals surface area contributed by atoms with Crippen molar-refractivity contribution in [2.24, 2.45) is 17.3 Å². The molecule has 2 aliphatic carbocycles. The average Bonchev–Trinajstić information content (AvgIpc) is 3.12. The molecule has 0 radical (unpaired) electrons. The summed E-state index contributed by atoms with van der Waals surface area (Å²) in [5.74, 6) is -1.56. The van der Waals surface area contributed by atoms with E-state index in [0.717, 1.165) is 11.6 Å². The van der Waals surface area contributed by atoms with E-state index < -0.39 is 31.0 Å². The first-order valence-corrected chi connectivity index (χ1v) is 17.4. The van der Waals surface area contributed by atoms with Crippen LogP contribution in [-0.4, -0.2) is 79.5 Å². The number of methoxy groups -OCH3 is 3. The smallest absolute Gasteiger partial charge is 0.333 e. The monoisotopic (exact) mass is 568 g/mol. The second-order valence-corrected chi connectivity index (χ2v) is 17.6. The van der Waals surface area contributed by atoms with E-state index in [9.17, 15) is 14.4 Å². The number of hydrogen-bond acceptors (Lipinski definition) is 9. The van der Waals surface area contributed by atoms with Gasteiger partial charge in [0, 0.05) is 45.6 Å². The van der Waals surface area contributed by atoms with E-state index in [-0.39, 0.29) is 50.7 Å². The van der Waals surface area contributed by atoms with Gasteiger partial charge in [-0.2, -0.15) is 0 Å². The average molecular weight is 569 g/mol. The summed E-state index contributed by atoms with van der Waals surface area (Å²) >= 11 is 0. The van der Waals surface area contributed by atoms with Crippen LogP contribution in [0.3, 0.4) is 0 Å². The largest absolute Gasteiger partial charge is 0.469 e. The number of Topliss-reactive ketones (excluding diaryl/α,β-unsaturated/α-hetero) is 1. The van der Waals surface area contributed by atoms with Crippen molar-refractivity contribution in [2.75, 3.05) is 48.1 Å². The molecule has 0 N–H and O–H groups in total. The molecule has 0 saturated heterocycles. The predicted octanol–water partition coefficient (Wildman–Crippen LogP) is 4.68. The van der Waals surface area contributed by atoms with E-state index in [1.807, 2.05) is 6.08 Å². The third-order valence-corrected chi connectivity index (χ3v) is 9.84. The number of esters is 2. The summed E-state index contributed by atoms with van der Waals surface area (Å²) in [6, 6.07) is 1.03. The van der Waals surface area contributed by atoms with Crippen LogP contribution in [0.15, 0.2) is 23.8 Å². The van der Waals surface area contributed by atoms with E-state index in [1.165, 1.54) is 14.2 Å². The fraction of sp³-hybridized carbons (Fsp3) is 0.759. The molecule has 0 aliphatic heterocycles. The summed E-state index contributed by atoms with van der Waals surface area (Å²) in [7, 11) is 3.00. The molecule has 9 nitrogen and oxygen atoms in total. The van der Waals surface area contributed by atoms with Gasteiger partial charge in [-0.3, -0.25) is 9.59 Å². The van der Waals surface area contributed by atoms with Gasteiger partial charge in [0.15, 0.2) is 0 Å². The minimum atomic E-state index is -1.23. The van der Waals surface area contributed by atoms with Crippen molar-refractivity contribution in [1.29, 1.82) is 0 Å². The van der Waals surface area contributed by atoms with Gasteiger partial charge in [0.2, 0.25) is 0 Å². The van der Waals surface area contributed by atoms with Crippen molar-refractivity contribution in [3.05, 3.63) is 23.8 Å². The van der Waals surface area contributed by atoms with Gasteiger partial charge in [-0.05, 0) is 49.6 Å². The highest BCUT2D eigenvalue weighted by Crippen LogP contribution is 2.64. The second-order valence-electron chi connectivity index (χ2n) is 12.0. The lowest BCUT2D eigenvalue weighted by molar-refractivity contribution is -0.156. The molecular formula is C29H48O9Si. The van der Waals surface area contributed by atoms with Gasteiger partial charge in [-0.25, -0.2) is 4.79 Å². The highest BCUT2D eigenvalue weighted by Gasteiger charge is 2.62. The maximum absolute atomic E-state index is 13.6. The first kappa shape index (κ1) is 33.4. The molecule has 2 rings (SSSR count). The van der Waals surface area contributed by atoms with Crippen molar-refractivity contribution < 1.29 is 42.8 Å². The molecule has 2 unspecified atom stereocenters. The Hall–Kier alpha value is -1.85. The molecule has 2 aliphatic rings. The molecule has 0 aromatic rings. The Morgan fingerprint density at radius 3 is 2.41 bits per heavy atom. The van der Waals surface area contributed by atoms with Gasteiger partial charge in [0.05, 0.1) is 32.8 Å². The topological polar surface area (TPSA) is 107 Å². The Labute approximate surface area is 234 Å². The molecule has 2 saturated carbocycles. The molecule has 0 heterocycles. The maximum Gasteiger partial charge on any atom is 0.333 e. The zero-order valence-corrected chi connectivity index (χ0v) is 25.9. The van der Waals surface area contributed by atoms with E-state index in [0.29, 0.717) is 37.9 Å². The van der Waals surface area contributed by atoms with Crippen molar-refractivity contribution in [1.82, 2.24) is 0 Å². The van der Waals surface area contributed by atoms with Crippen molar-refractivity contribution in [3.8, 4) is 0 Å². The van der Waals surface area contributed by atoms with Crippen LogP contribution in [0.4, 0.5) is 0 Å². The summed E-state index contributed by atoms with van der Waals surface area (Å²) in [5, 5.41) is 0. The van der Waals surface area contributed by atoms with Gasteiger partial charge >= 0.3 is 11.9 Å². The van der Waals surface area contributed by atoms with Gasteiger partial charge in [-0.15, -0.1) is 0 Å². The lowest BCUT2D eigenvalue weighted by atomic mass is 9.58. The van der Waals surface area contributed by atoms with Crippen LogP contribution in [0.2, 0.25) is 25.7 Å². The van der Waals surface area contributed by atoms with Gasteiger partial charge < -0.3 is 28.4 Å². The number of rotatable bonds is 17. The zero-order valence-electron chi connectivity index (χ0n) is 24.9. The molecule has 0 spiro atoms. The lowest BCUT2D eigenvalue weighted by Gasteiger charge is -2.47. The minimum absolute atomic E-state index is 0.00375. The maximum atomic E-state index is 13.6. The number of carbonyl (C=O) groups excluding carboxylic acids is 3. The Bertz CT molecular complexity index is 909. The fourth-order valence-corrected chi connectivity index (χ4v) is 6.69. The molecule has 2 fully saturated rings. The van der Waals surface area contributed by atoms with Crippen molar-refractivity contribution in [3.63, 3.8) is 0 Å². The summed E-state index contributed by atoms with van der Waals surface area (Å²) in [6.07, 6.45) is 4.23. The van der Waals surface area contributed by atoms with Crippen LogP contribution in [0.1, 0.15) is 45.4 Å². The first-order valence-electron chi connectivity index (χ1n) is 13.7. The van der Waals surface area contributed by atoms with Crippen LogP contribution < -0.4 is 0 Å². The zero-order chi connectivity index (χ0) is 29.3. The molecule has 10 heteroatoms. The molecule has 0 aromatic heterocycles. The van der Waals surface area contributed by atoms with Crippen molar-refractivity contribution in [2.45, 2.75) is 76.7 Å². The molecule has 0 amide bonds. The Morgan fingerprint density at radius 2 is 1.79 bits per heavy atom. The van der Waals surface area contributed by atoms with E-state index >= 15 is 0 Å². The van der Waals surface area contributed by atoms with Crippen LogP contribution in [0, 0.1) is 17.3 Å². The van der Waals surface area contributed by atoms with E-state index in [2.05, 4.69) is 26.2 Å². The minimum Gasteiger partial charge on any atom is -0.469 e. The Morgan fingerprint density at radius 1 is 1.08 bits per heavy atom. The first-order chi connectivity index (χ1) is 18.3. The molecular weight excluding hydrogens is 520 g/mol. The molecule has 4 atom stereocenters. The highest BCUT2D eigenvalue weighted by atomic mass is 28.3.